The first-order valence-corrected chi connectivity index (χ1v) is 6.89. The maximum absolute atomic E-state index is 7.56. The van der Waals surface area contributed by atoms with E-state index in [1.807, 2.05) is 0 Å². The molecule has 0 aliphatic carbocycles. The van der Waals surface area contributed by atoms with E-state index in [1.165, 1.54) is 0 Å². The van der Waals surface area contributed by atoms with Gasteiger partial charge >= 0.3 is 13.4 Å². The predicted molar refractivity (Wildman–Crippen MR) is 65.3 cm³/mol. The quantitative estimate of drug-likeness (QED) is 0.235. The Balaban J connectivity index is -0.0000000267. The zero-order valence-corrected chi connectivity index (χ0v) is 7.82. The third-order valence-corrected chi connectivity index (χ3v) is 0. The summed E-state index contributed by atoms with van der Waals surface area (Å²) in [5.41, 5.74) is 0. The first kappa shape index (κ1) is 29.3. The van der Waals surface area contributed by atoms with E-state index in [2.05, 4.69) is 23.6 Å². The van der Waals surface area contributed by atoms with Gasteiger partial charge < -0.3 is 29.4 Å². The SMILES string of the molecule is C.C.OP(O)(O)=S.OP(O)(O)=S.[AlH3]. The van der Waals surface area contributed by atoms with Crippen LogP contribution >= 0.6 is 13.4 Å². The Morgan fingerprint density at radius 1 is 0.615 bits per heavy atom. The molecule has 0 fully saturated rings. The Labute approximate surface area is 98.5 Å². The van der Waals surface area contributed by atoms with Gasteiger partial charge in [0.15, 0.2) is 17.4 Å². The van der Waals surface area contributed by atoms with E-state index < -0.39 is 13.4 Å². The molecule has 0 aromatic heterocycles. The van der Waals surface area contributed by atoms with Crippen molar-refractivity contribution in [2.45, 2.75) is 14.9 Å². The number of hydrogen-bond donors (Lipinski definition) is 6. The first-order chi connectivity index (χ1) is 4.00. The predicted octanol–water partition coefficient (Wildman–Crippen LogP) is -1.54. The molecule has 0 saturated carbocycles. The monoisotopic (exact) mass is 290 g/mol. The van der Waals surface area contributed by atoms with Gasteiger partial charge in [-0.3, -0.25) is 0 Å². The van der Waals surface area contributed by atoms with Gasteiger partial charge in [-0.2, -0.15) is 0 Å². The molecule has 11 heteroatoms. The highest BCUT2D eigenvalue weighted by atomic mass is 32.5. The van der Waals surface area contributed by atoms with Gasteiger partial charge in [0.05, 0.1) is 0 Å². The van der Waals surface area contributed by atoms with Crippen LogP contribution in [-0.4, -0.2) is 46.7 Å². The first-order valence-electron chi connectivity index (χ1n) is 1.57. The molecule has 0 heterocycles. The minimum atomic E-state index is -3.81. The van der Waals surface area contributed by atoms with Crippen molar-refractivity contribution in [1.29, 1.82) is 0 Å². The van der Waals surface area contributed by atoms with E-state index in [1.54, 1.807) is 0 Å². The molecule has 6 N–H and O–H groups in total. The van der Waals surface area contributed by atoms with Crippen LogP contribution in [-0.2, 0) is 23.6 Å². The Kier molecular flexibility index (Phi) is 26.3. The van der Waals surface area contributed by atoms with E-state index in [0.29, 0.717) is 0 Å². The maximum atomic E-state index is 7.56. The number of hydrogen-bond acceptors (Lipinski definition) is 2. The molecule has 0 unspecified atom stereocenters. The summed E-state index contributed by atoms with van der Waals surface area (Å²) < 4.78 is 0. The largest absolute Gasteiger partial charge is 0.325 e. The average molecular weight is 290 g/mol. The summed E-state index contributed by atoms with van der Waals surface area (Å²) >= 11 is 7.21. The van der Waals surface area contributed by atoms with Gasteiger partial charge in [0.1, 0.15) is 0 Å². The van der Waals surface area contributed by atoms with E-state index in [0.717, 1.165) is 0 Å². The Morgan fingerprint density at radius 3 is 0.615 bits per heavy atom. The molecular formula is C2H17AlO6P2S2. The second kappa shape index (κ2) is 11.7. The number of rotatable bonds is 0. The summed E-state index contributed by atoms with van der Waals surface area (Å²) in [4.78, 5) is 45.3. The molecule has 0 amide bonds. The minimum Gasteiger partial charge on any atom is -0.325 e. The van der Waals surface area contributed by atoms with Crippen LogP contribution in [0.3, 0.4) is 0 Å². The van der Waals surface area contributed by atoms with E-state index >= 15 is 0 Å². The molecule has 0 saturated heterocycles. The summed E-state index contributed by atoms with van der Waals surface area (Å²) in [6.45, 7) is -7.61. The lowest BCUT2D eigenvalue weighted by atomic mass is 12.0. The molecular weight excluding hydrogens is 273 g/mol. The van der Waals surface area contributed by atoms with Gasteiger partial charge in [0, 0.05) is 0 Å². The molecule has 0 aromatic rings. The zero-order chi connectivity index (χ0) is 9.00. The summed E-state index contributed by atoms with van der Waals surface area (Å²) in [5.74, 6) is 0. The summed E-state index contributed by atoms with van der Waals surface area (Å²) in [6.07, 6.45) is 0. The van der Waals surface area contributed by atoms with Gasteiger partial charge in [0.2, 0.25) is 0 Å². The summed E-state index contributed by atoms with van der Waals surface area (Å²) in [7, 11) is 0. The lowest BCUT2D eigenvalue weighted by molar-refractivity contribution is 0.361. The lowest BCUT2D eigenvalue weighted by Gasteiger charge is -1.88. The Bertz CT molecular complexity index is 139. The van der Waals surface area contributed by atoms with Crippen molar-refractivity contribution in [2.24, 2.45) is 0 Å². The van der Waals surface area contributed by atoms with Crippen molar-refractivity contribution in [2.75, 3.05) is 0 Å². The molecule has 0 aromatic carbocycles. The van der Waals surface area contributed by atoms with Gasteiger partial charge in [-0.15, -0.1) is 0 Å². The van der Waals surface area contributed by atoms with Crippen LogP contribution < -0.4 is 0 Å². The molecule has 86 valence electrons. The highest BCUT2D eigenvalue weighted by Crippen LogP contribution is 2.26. The van der Waals surface area contributed by atoms with E-state index in [4.69, 9.17) is 29.4 Å². The van der Waals surface area contributed by atoms with Crippen LogP contribution in [0.25, 0.3) is 0 Å². The smallest absolute Gasteiger partial charge is 0.319 e. The Hall–Kier alpha value is 1.59. The van der Waals surface area contributed by atoms with Gasteiger partial charge in [-0.25, -0.2) is 0 Å². The summed E-state index contributed by atoms with van der Waals surface area (Å²) in [6, 6.07) is 0. The van der Waals surface area contributed by atoms with Crippen LogP contribution in [0.15, 0.2) is 0 Å². The highest BCUT2D eigenvalue weighted by molar-refractivity contribution is 8.06. The van der Waals surface area contributed by atoms with Gasteiger partial charge in [-0.1, -0.05) is 14.9 Å². The van der Waals surface area contributed by atoms with Crippen LogP contribution in [0.5, 0.6) is 0 Å². The van der Waals surface area contributed by atoms with Crippen molar-refractivity contribution in [3.8, 4) is 0 Å². The average Bonchev–Trinajstić information content (AvgIpc) is 1.12. The fourth-order valence-electron chi connectivity index (χ4n) is 0. The van der Waals surface area contributed by atoms with Crippen LogP contribution in [0.4, 0.5) is 0 Å². The van der Waals surface area contributed by atoms with Crippen LogP contribution in [0.2, 0.25) is 0 Å². The highest BCUT2D eigenvalue weighted by Gasteiger charge is 1.92. The third kappa shape index (κ3) is 720. The lowest BCUT2D eigenvalue weighted by Crippen LogP contribution is -1.65. The van der Waals surface area contributed by atoms with Crippen LogP contribution in [0.1, 0.15) is 14.9 Å². The topological polar surface area (TPSA) is 121 Å². The molecule has 0 atom stereocenters. The fourth-order valence-corrected chi connectivity index (χ4v) is 0. The second-order valence-electron chi connectivity index (χ2n) is 1.03. The molecule has 0 rings (SSSR count). The fraction of sp³-hybridized carbons (Fsp3) is 1.00. The maximum Gasteiger partial charge on any atom is 0.319 e. The van der Waals surface area contributed by atoms with E-state index in [9.17, 15) is 0 Å². The molecule has 0 aliphatic heterocycles. The van der Waals surface area contributed by atoms with Crippen molar-refractivity contribution in [3.63, 3.8) is 0 Å². The second-order valence-corrected chi connectivity index (χ2v) is 6.02. The molecule has 0 spiro atoms. The van der Waals surface area contributed by atoms with Crippen molar-refractivity contribution >= 4 is 54.4 Å². The normalized spacial score (nSPS) is 9.08. The van der Waals surface area contributed by atoms with Gasteiger partial charge in [-0.05, 0) is 23.6 Å². The third-order valence-electron chi connectivity index (χ3n) is 0. The van der Waals surface area contributed by atoms with Crippen LogP contribution in [0, 0.1) is 0 Å². The van der Waals surface area contributed by atoms with Gasteiger partial charge in [0.25, 0.3) is 0 Å². The zero-order valence-electron chi connectivity index (χ0n) is 4.39. The summed E-state index contributed by atoms with van der Waals surface area (Å²) in [5, 5.41) is 0. The minimum absolute atomic E-state index is 0. The standard InChI is InChI=1S/2CH4.Al.2H3O3PS.3H/c;;;2*1-4(2,3)5;;;/h2*1H4;;2*(H3,1,2,3,5);;;. The van der Waals surface area contributed by atoms with Crippen molar-refractivity contribution in [1.82, 2.24) is 0 Å². The molecule has 0 bridgehead atoms. The molecule has 0 aliphatic rings. The van der Waals surface area contributed by atoms with Crippen molar-refractivity contribution in [3.05, 3.63) is 0 Å². The van der Waals surface area contributed by atoms with Crippen molar-refractivity contribution < 1.29 is 29.4 Å². The van der Waals surface area contributed by atoms with E-state index in [-0.39, 0.29) is 32.2 Å². The molecule has 13 heavy (non-hydrogen) atoms. The molecule has 6 nitrogen and oxygen atoms in total. The Morgan fingerprint density at radius 2 is 0.615 bits per heavy atom. The molecule has 0 radical (unpaired) electrons.